The maximum absolute atomic E-state index is 9.75. The van der Waals surface area contributed by atoms with E-state index in [9.17, 15) is 5.11 Å². The third-order valence-electron chi connectivity index (χ3n) is 3.60. The van der Waals surface area contributed by atoms with E-state index < -0.39 is 5.60 Å². The third kappa shape index (κ3) is 4.68. The zero-order valence-electron chi connectivity index (χ0n) is 11.8. The van der Waals surface area contributed by atoms with Crippen LogP contribution < -0.4 is 4.90 Å². The maximum Gasteiger partial charge on any atom is 0.0603 e. The molecule has 0 spiro atoms. The van der Waals surface area contributed by atoms with Crippen LogP contribution in [0.5, 0.6) is 0 Å². The van der Waals surface area contributed by atoms with Crippen molar-refractivity contribution in [2.45, 2.75) is 25.9 Å². The third-order valence-corrected chi connectivity index (χ3v) is 3.86. The molecule has 1 aliphatic rings. The molecule has 0 unspecified atom stereocenters. The lowest BCUT2D eigenvalue weighted by Gasteiger charge is -2.37. The lowest BCUT2D eigenvalue weighted by Crippen LogP contribution is -2.47. The Labute approximate surface area is 120 Å². The van der Waals surface area contributed by atoms with E-state index in [4.69, 9.17) is 11.6 Å². The number of halogens is 1. The number of aliphatic hydroxyl groups is 1. The molecule has 1 aromatic carbocycles. The molecule has 0 aromatic heterocycles. The number of nitrogens with zero attached hydrogens (tertiary/aromatic N) is 2. The number of benzene rings is 1. The van der Waals surface area contributed by atoms with E-state index >= 15 is 0 Å². The lowest BCUT2D eigenvalue weighted by atomic mass is 10.1. The van der Waals surface area contributed by atoms with Crippen LogP contribution in [-0.2, 0) is 0 Å². The molecule has 0 amide bonds. The standard InChI is InChI=1S/C15H23ClN2O/c1-15(2,19)7-8-17-9-11-18(12-10-17)14-5-3-13(16)4-6-14/h3-6,19H,7-12H2,1-2H3. The van der Waals surface area contributed by atoms with Crippen molar-refractivity contribution in [2.75, 3.05) is 37.6 Å². The van der Waals surface area contributed by atoms with E-state index in [0.29, 0.717) is 0 Å². The molecule has 1 aromatic rings. The first-order chi connectivity index (χ1) is 8.94. The first-order valence-corrected chi connectivity index (χ1v) is 7.27. The molecule has 0 atom stereocenters. The molecule has 3 nitrogen and oxygen atoms in total. The van der Waals surface area contributed by atoms with Gasteiger partial charge in [0.25, 0.3) is 0 Å². The van der Waals surface area contributed by atoms with Gasteiger partial charge in [-0.25, -0.2) is 0 Å². The van der Waals surface area contributed by atoms with E-state index in [1.54, 1.807) is 0 Å². The van der Waals surface area contributed by atoms with Crippen LogP contribution in [-0.4, -0.2) is 48.3 Å². The van der Waals surface area contributed by atoms with Gasteiger partial charge in [0, 0.05) is 43.4 Å². The predicted molar refractivity (Wildman–Crippen MR) is 81.0 cm³/mol. The van der Waals surface area contributed by atoms with E-state index in [1.165, 1.54) is 5.69 Å². The highest BCUT2D eigenvalue weighted by Crippen LogP contribution is 2.19. The van der Waals surface area contributed by atoms with Crippen molar-refractivity contribution < 1.29 is 5.11 Å². The van der Waals surface area contributed by atoms with Gasteiger partial charge in [0.15, 0.2) is 0 Å². The second-order valence-corrected chi connectivity index (χ2v) is 6.30. The monoisotopic (exact) mass is 282 g/mol. The Morgan fingerprint density at radius 2 is 1.68 bits per heavy atom. The fourth-order valence-corrected chi connectivity index (χ4v) is 2.44. The van der Waals surface area contributed by atoms with Gasteiger partial charge in [0.2, 0.25) is 0 Å². The van der Waals surface area contributed by atoms with Gasteiger partial charge in [-0.1, -0.05) is 11.6 Å². The molecular formula is C15H23ClN2O. The highest BCUT2D eigenvalue weighted by atomic mass is 35.5. The summed E-state index contributed by atoms with van der Waals surface area (Å²) in [5, 5.41) is 10.5. The molecule has 1 saturated heterocycles. The fourth-order valence-electron chi connectivity index (χ4n) is 2.31. The summed E-state index contributed by atoms with van der Waals surface area (Å²) in [7, 11) is 0. The highest BCUT2D eigenvalue weighted by Gasteiger charge is 2.19. The number of rotatable bonds is 4. The second kappa shape index (κ2) is 6.12. The zero-order chi connectivity index (χ0) is 13.9. The molecule has 19 heavy (non-hydrogen) atoms. The highest BCUT2D eigenvalue weighted by molar-refractivity contribution is 6.30. The molecule has 0 aliphatic carbocycles. The first-order valence-electron chi connectivity index (χ1n) is 6.89. The Bertz CT molecular complexity index is 392. The summed E-state index contributed by atoms with van der Waals surface area (Å²) in [4.78, 5) is 4.81. The fraction of sp³-hybridized carbons (Fsp3) is 0.600. The van der Waals surface area contributed by atoms with Crippen molar-refractivity contribution in [1.29, 1.82) is 0 Å². The van der Waals surface area contributed by atoms with E-state index in [1.807, 2.05) is 26.0 Å². The Morgan fingerprint density at radius 3 is 2.21 bits per heavy atom. The lowest BCUT2D eigenvalue weighted by molar-refractivity contribution is 0.0569. The SMILES string of the molecule is CC(C)(O)CCN1CCN(c2ccc(Cl)cc2)CC1. The average Bonchev–Trinajstić information content (AvgIpc) is 2.37. The van der Waals surface area contributed by atoms with E-state index in [2.05, 4.69) is 21.9 Å². The molecule has 4 heteroatoms. The van der Waals surface area contributed by atoms with Crippen LogP contribution in [0.2, 0.25) is 5.02 Å². The number of piperazine rings is 1. The van der Waals surface area contributed by atoms with Gasteiger partial charge in [-0.2, -0.15) is 0 Å². The van der Waals surface area contributed by atoms with Gasteiger partial charge in [-0.15, -0.1) is 0 Å². The smallest absolute Gasteiger partial charge is 0.0603 e. The van der Waals surface area contributed by atoms with Crippen molar-refractivity contribution >= 4 is 17.3 Å². The molecule has 1 fully saturated rings. The van der Waals surface area contributed by atoms with E-state index in [0.717, 1.165) is 44.2 Å². The Hall–Kier alpha value is -0.770. The minimum absolute atomic E-state index is 0.562. The summed E-state index contributed by atoms with van der Waals surface area (Å²) in [6.45, 7) is 8.89. The number of hydrogen-bond donors (Lipinski definition) is 1. The number of hydrogen-bond acceptors (Lipinski definition) is 3. The van der Waals surface area contributed by atoms with Crippen LogP contribution in [0.15, 0.2) is 24.3 Å². The van der Waals surface area contributed by atoms with Gasteiger partial charge in [-0.05, 0) is 44.5 Å². The average molecular weight is 283 g/mol. The Kier molecular flexibility index (Phi) is 4.71. The molecule has 0 bridgehead atoms. The van der Waals surface area contributed by atoms with Crippen LogP contribution in [0, 0.1) is 0 Å². The maximum atomic E-state index is 9.75. The molecule has 1 aliphatic heterocycles. The predicted octanol–water partition coefficient (Wildman–Crippen LogP) is 2.62. The van der Waals surface area contributed by atoms with Crippen LogP contribution in [0.1, 0.15) is 20.3 Å². The summed E-state index contributed by atoms with van der Waals surface area (Å²) in [5.74, 6) is 0. The van der Waals surface area contributed by atoms with Gasteiger partial charge < -0.3 is 10.0 Å². The molecule has 0 saturated carbocycles. The van der Waals surface area contributed by atoms with Crippen molar-refractivity contribution in [3.8, 4) is 0 Å². The van der Waals surface area contributed by atoms with E-state index in [-0.39, 0.29) is 0 Å². The minimum Gasteiger partial charge on any atom is -0.390 e. The molecule has 106 valence electrons. The Balaban J connectivity index is 1.81. The molecule has 0 radical (unpaired) electrons. The van der Waals surface area contributed by atoms with Gasteiger partial charge in [0.05, 0.1) is 5.60 Å². The normalized spacial score (nSPS) is 17.8. The minimum atomic E-state index is -0.562. The summed E-state index contributed by atoms with van der Waals surface area (Å²) < 4.78 is 0. The summed E-state index contributed by atoms with van der Waals surface area (Å²) >= 11 is 5.91. The quantitative estimate of drug-likeness (QED) is 0.920. The molecule has 1 heterocycles. The summed E-state index contributed by atoms with van der Waals surface area (Å²) in [6.07, 6.45) is 0.827. The van der Waals surface area contributed by atoms with Crippen LogP contribution in [0.3, 0.4) is 0 Å². The second-order valence-electron chi connectivity index (χ2n) is 5.87. The largest absolute Gasteiger partial charge is 0.390 e. The van der Waals surface area contributed by atoms with Gasteiger partial charge in [0.1, 0.15) is 0 Å². The number of anilines is 1. The van der Waals surface area contributed by atoms with Gasteiger partial charge >= 0.3 is 0 Å². The van der Waals surface area contributed by atoms with Crippen LogP contribution in [0.25, 0.3) is 0 Å². The van der Waals surface area contributed by atoms with Crippen molar-refractivity contribution in [3.63, 3.8) is 0 Å². The zero-order valence-corrected chi connectivity index (χ0v) is 12.5. The van der Waals surface area contributed by atoms with Gasteiger partial charge in [-0.3, -0.25) is 4.90 Å². The topological polar surface area (TPSA) is 26.7 Å². The Morgan fingerprint density at radius 1 is 1.11 bits per heavy atom. The van der Waals surface area contributed by atoms with Crippen molar-refractivity contribution in [3.05, 3.63) is 29.3 Å². The first kappa shape index (κ1) is 14.6. The summed E-state index contributed by atoms with van der Waals surface area (Å²) in [5.41, 5.74) is 0.680. The van der Waals surface area contributed by atoms with Crippen LogP contribution in [0.4, 0.5) is 5.69 Å². The van der Waals surface area contributed by atoms with Crippen molar-refractivity contribution in [1.82, 2.24) is 4.90 Å². The summed E-state index contributed by atoms with van der Waals surface area (Å²) in [6, 6.07) is 8.04. The van der Waals surface area contributed by atoms with Crippen LogP contribution >= 0.6 is 11.6 Å². The molecule has 2 rings (SSSR count). The van der Waals surface area contributed by atoms with Crippen molar-refractivity contribution in [2.24, 2.45) is 0 Å². The molecule has 1 N–H and O–H groups in total. The molecular weight excluding hydrogens is 260 g/mol.